The molecule has 5 heterocycles. The van der Waals surface area contributed by atoms with Crippen molar-refractivity contribution in [3.63, 3.8) is 0 Å². The summed E-state index contributed by atoms with van der Waals surface area (Å²) in [4.78, 5) is 31.9. The van der Waals surface area contributed by atoms with E-state index in [0.717, 1.165) is 55.0 Å². The van der Waals surface area contributed by atoms with Crippen molar-refractivity contribution in [3.05, 3.63) is 59.5 Å². The lowest BCUT2D eigenvalue weighted by atomic mass is 10.0. The zero-order chi connectivity index (χ0) is 23.8. The molecule has 2 unspecified atom stereocenters. The molecular formula is C25H29N7O2S. The van der Waals surface area contributed by atoms with Crippen LogP contribution in [0.25, 0.3) is 21.1 Å². The van der Waals surface area contributed by atoms with Crippen molar-refractivity contribution >= 4 is 38.4 Å². The lowest BCUT2D eigenvalue weighted by Crippen LogP contribution is -2.54. The molecule has 9 nitrogen and oxygen atoms in total. The van der Waals surface area contributed by atoms with Gasteiger partial charge in [0.15, 0.2) is 0 Å². The minimum absolute atomic E-state index is 0.00364. The number of rotatable bonds is 6. The van der Waals surface area contributed by atoms with Gasteiger partial charge in [-0.2, -0.15) is 0 Å². The number of carbonyl (C=O) groups is 1. The van der Waals surface area contributed by atoms with Gasteiger partial charge in [-0.15, -0.1) is 11.3 Å². The molecule has 3 N–H and O–H groups in total. The van der Waals surface area contributed by atoms with Crippen LogP contribution in [0.3, 0.4) is 0 Å². The number of nitrogens with zero attached hydrogens (tertiary/aromatic N) is 5. The first kappa shape index (κ1) is 22.6. The van der Waals surface area contributed by atoms with Crippen LogP contribution in [0.2, 0.25) is 0 Å². The number of hydrogen-bond acceptors (Lipinski definition) is 8. The van der Waals surface area contributed by atoms with Crippen LogP contribution in [-0.2, 0) is 9.53 Å². The Balaban J connectivity index is 1.30. The average Bonchev–Trinajstić information content (AvgIpc) is 3.52. The predicted molar refractivity (Wildman–Crippen MR) is 136 cm³/mol. The number of H-pyrrole nitrogens is 1. The molecule has 1 aromatic carbocycles. The molecule has 35 heavy (non-hydrogen) atoms. The zero-order valence-electron chi connectivity index (χ0n) is 19.5. The van der Waals surface area contributed by atoms with E-state index < -0.39 is 0 Å². The number of piperazine rings is 1. The molecule has 6 rings (SSSR count). The lowest BCUT2D eigenvalue weighted by Gasteiger charge is -2.46. The van der Waals surface area contributed by atoms with Crippen molar-refractivity contribution in [2.45, 2.75) is 12.3 Å². The topological polar surface area (TPSA) is 104 Å². The van der Waals surface area contributed by atoms with E-state index in [1.54, 1.807) is 17.7 Å². The van der Waals surface area contributed by atoms with E-state index in [9.17, 15) is 4.79 Å². The first-order valence-corrected chi connectivity index (χ1v) is 12.8. The Hall–Kier alpha value is -2.89. The molecule has 0 aliphatic carbocycles. The highest BCUT2D eigenvalue weighted by atomic mass is 32.1. The van der Waals surface area contributed by atoms with Crippen LogP contribution < -0.4 is 5.73 Å². The van der Waals surface area contributed by atoms with Crippen LogP contribution in [0, 0.1) is 0 Å². The van der Waals surface area contributed by atoms with Crippen LogP contribution in [0.5, 0.6) is 0 Å². The molecule has 2 aliphatic rings. The summed E-state index contributed by atoms with van der Waals surface area (Å²) in [5.41, 5.74) is 8.78. The quantitative estimate of drug-likeness (QED) is 0.427. The average molecular weight is 492 g/mol. The number of carbonyl (C=O) groups excluding carboxylic acids is 1. The molecule has 0 spiro atoms. The second kappa shape index (κ2) is 9.63. The number of fused-ring (bicyclic) bond motifs is 2. The summed E-state index contributed by atoms with van der Waals surface area (Å²) in [6, 6.07) is 10.7. The molecule has 0 bridgehead atoms. The number of benzene rings is 1. The number of morpholine rings is 1. The summed E-state index contributed by atoms with van der Waals surface area (Å²) in [6.45, 7) is 6.02. The maximum absolute atomic E-state index is 11.4. The number of thiophene rings is 1. The first-order chi connectivity index (χ1) is 17.2. The summed E-state index contributed by atoms with van der Waals surface area (Å²) in [6.07, 6.45) is 5.60. The van der Waals surface area contributed by atoms with Crippen LogP contribution >= 0.6 is 11.3 Å². The molecule has 3 aromatic heterocycles. The Morgan fingerprint density at radius 1 is 1.20 bits per heavy atom. The van der Waals surface area contributed by atoms with Gasteiger partial charge in [0, 0.05) is 67.4 Å². The SMILES string of the molecule is NC(=O)CN1CCN(C(c2cc3ncncc3s2)N2CCOC(c3cccc4[nH]ccc34)C2)CC1. The van der Waals surface area contributed by atoms with Crippen LogP contribution in [-0.4, -0.2) is 88.0 Å². The Kier molecular flexibility index (Phi) is 6.21. The van der Waals surface area contributed by atoms with Gasteiger partial charge in [-0.1, -0.05) is 12.1 Å². The number of nitrogens with two attached hydrogens (primary N) is 1. The zero-order valence-corrected chi connectivity index (χ0v) is 20.3. The predicted octanol–water partition coefficient (Wildman–Crippen LogP) is 2.35. The summed E-state index contributed by atoms with van der Waals surface area (Å²) < 4.78 is 7.41. The molecule has 2 atom stereocenters. The monoisotopic (exact) mass is 491 g/mol. The number of ether oxygens (including phenoxy) is 1. The van der Waals surface area contributed by atoms with Gasteiger partial charge in [-0.3, -0.25) is 19.5 Å². The summed E-state index contributed by atoms with van der Waals surface area (Å²) in [5, 5.41) is 1.22. The van der Waals surface area contributed by atoms with Crippen molar-refractivity contribution in [1.29, 1.82) is 0 Å². The van der Waals surface area contributed by atoms with Gasteiger partial charge in [0.05, 0.1) is 35.6 Å². The molecule has 1 amide bonds. The van der Waals surface area contributed by atoms with Crippen molar-refractivity contribution in [2.75, 3.05) is 52.4 Å². The fraction of sp³-hybridized carbons (Fsp3) is 0.400. The number of aromatic nitrogens is 3. The second-order valence-electron chi connectivity index (χ2n) is 9.21. The Labute approximate surface area is 207 Å². The van der Waals surface area contributed by atoms with E-state index in [1.165, 1.54) is 15.8 Å². The highest BCUT2D eigenvalue weighted by Crippen LogP contribution is 2.38. The summed E-state index contributed by atoms with van der Waals surface area (Å²) in [7, 11) is 0. The van der Waals surface area contributed by atoms with Gasteiger partial charge in [-0.05, 0) is 23.8 Å². The maximum atomic E-state index is 11.4. The van der Waals surface area contributed by atoms with E-state index in [2.05, 4.69) is 60.0 Å². The highest BCUT2D eigenvalue weighted by molar-refractivity contribution is 7.19. The Morgan fingerprint density at radius 2 is 2.09 bits per heavy atom. The normalized spacial score (nSPS) is 21.5. The molecule has 2 saturated heterocycles. The van der Waals surface area contributed by atoms with E-state index >= 15 is 0 Å². The number of primary amides is 1. The third-order valence-corrected chi connectivity index (χ3v) is 8.12. The van der Waals surface area contributed by atoms with Gasteiger partial charge in [-0.25, -0.2) is 9.97 Å². The number of aromatic amines is 1. The van der Waals surface area contributed by atoms with Crippen molar-refractivity contribution < 1.29 is 9.53 Å². The fourth-order valence-electron chi connectivity index (χ4n) is 5.38. The van der Waals surface area contributed by atoms with Gasteiger partial charge >= 0.3 is 0 Å². The minimum Gasteiger partial charge on any atom is -0.371 e. The highest BCUT2D eigenvalue weighted by Gasteiger charge is 2.35. The summed E-state index contributed by atoms with van der Waals surface area (Å²) in [5.74, 6) is -0.270. The second-order valence-corrected chi connectivity index (χ2v) is 10.3. The number of nitrogens with one attached hydrogen (secondary N) is 1. The van der Waals surface area contributed by atoms with Crippen molar-refractivity contribution in [1.82, 2.24) is 29.7 Å². The van der Waals surface area contributed by atoms with Crippen LogP contribution in [0.15, 0.2) is 49.1 Å². The van der Waals surface area contributed by atoms with Gasteiger partial charge in [0.25, 0.3) is 0 Å². The molecule has 0 saturated carbocycles. The maximum Gasteiger partial charge on any atom is 0.231 e. The van der Waals surface area contributed by atoms with Crippen molar-refractivity contribution in [3.8, 4) is 0 Å². The lowest BCUT2D eigenvalue weighted by molar-refractivity contribution is -0.120. The van der Waals surface area contributed by atoms with E-state index in [1.807, 2.05) is 12.4 Å². The van der Waals surface area contributed by atoms with E-state index in [4.69, 9.17) is 10.5 Å². The summed E-state index contributed by atoms with van der Waals surface area (Å²) >= 11 is 1.76. The minimum atomic E-state index is -0.270. The molecule has 4 aromatic rings. The largest absolute Gasteiger partial charge is 0.371 e. The third kappa shape index (κ3) is 4.55. The third-order valence-electron chi connectivity index (χ3n) is 7.02. The molecule has 182 valence electrons. The van der Waals surface area contributed by atoms with Crippen LogP contribution in [0.1, 0.15) is 22.7 Å². The van der Waals surface area contributed by atoms with Gasteiger partial charge in [0.2, 0.25) is 5.91 Å². The van der Waals surface area contributed by atoms with Crippen LogP contribution in [0.4, 0.5) is 0 Å². The molecular weight excluding hydrogens is 462 g/mol. The molecule has 2 fully saturated rings. The van der Waals surface area contributed by atoms with Crippen molar-refractivity contribution in [2.24, 2.45) is 5.73 Å². The first-order valence-electron chi connectivity index (χ1n) is 12.0. The van der Waals surface area contributed by atoms with Gasteiger partial charge in [0.1, 0.15) is 6.33 Å². The standard InChI is InChI=1S/C25H29N7O2S/c26-24(33)15-30-6-8-31(9-7-30)25(22-12-20-23(35-22)13-27-16-29-20)32-10-11-34-21(14-32)18-2-1-3-19-17(18)4-5-28-19/h1-5,12-13,16,21,25,28H,6-11,14-15H2,(H2,26,33). The molecule has 2 aliphatic heterocycles. The van der Waals surface area contributed by atoms with E-state index in [-0.39, 0.29) is 18.2 Å². The van der Waals surface area contributed by atoms with Gasteiger partial charge < -0.3 is 15.5 Å². The Morgan fingerprint density at radius 3 is 2.91 bits per heavy atom. The molecule has 10 heteroatoms. The number of amides is 1. The smallest absolute Gasteiger partial charge is 0.231 e. The van der Waals surface area contributed by atoms with E-state index in [0.29, 0.717) is 13.2 Å². The fourth-order valence-corrected chi connectivity index (χ4v) is 6.54. The molecule has 0 radical (unpaired) electrons. The Bertz CT molecular complexity index is 1300. The number of hydrogen-bond donors (Lipinski definition) is 2.